The van der Waals surface area contributed by atoms with E-state index in [1.165, 1.54) is 6.42 Å². The van der Waals surface area contributed by atoms with Crippen LogP contribution in [0.25, 0.3) is 0 Å². The van der Waals surface area contributed by atoms with Crippen molar-refractivity contribution in [1.29, 1.82) is 0 Å². The van der Waals surface area contributed by atoms with Gasteiger partial charge < -0.3 is 10.6 Å². The number of nitrogens with two attached hydrogens (primary N) is 1. The summed E-state index contributed by atoms with van der Waals surface area (Å²) in [6.07, 6.45) is 2.08. The monoisotopic (exact) mass is 225 g/mol. The van der Waals surface area contributed by atoms with E-state index < -0.39 is 0 Å². The van der Waals surface area contributed by atoms with Gasteiger partial charge in [-0.05, 0) is 19.8 Å². The summed E-state index contributed by atoms with van der Waals surface area (Å²) >= 11 is 0. The van der Waals surface area contributed by atoms with E-state index in [2.05, 4.69) is 18.7 Å². The van der Waals surface area contributed by atoms with Crippen LogP contribution in [-0.2, 0) is 4.79 Å². The Labute approximate surface area is 97.8 Å². The average molecular weight is 225 g/mol. The number of nitrogens with zero attached hydrogens (tertiary/aromatic N) is 2. The van der Waals surface area contributed by atoms with Crippen LogP contribution >= 0.6 is 0 Å². The number of carbonyl (C=O) groups is 1. The van der Waals surface area contributed by atoms with Crippen LogP contribution in [0.3, 0.4) is 0 Å². The van der Waals surface area contributed by atoms with Crippen molar-refractivity contribution in [3.8, 4) is 0 Å². The first-order chi connectivity index (χ1) is 7.63. The molecule has 2 N–H and O–H groups in total. The van der Waals surface area contributed by atoms with Gasteiger partial charge in [-0.2, -0.15) is 0 Å². The third-order valence-electron chi connectivity index (χ3n) is 4.00. The minimum atomic E-state index is 0.134. The molecule has 3 atom stereocenters. The number of rotatable bonds is 3. The molecule has 92 valence electrons. The predicted octanol–water partition coefficient (Wildman–Crippen LogP) is 0.276. The highest BCUT2D eigenvalue weighted by molar-refractivity contribution is 5.82. The normalized spacial score (nSPS) is 32.6. The number of carbonyl (C=O) groups excluding carboxylic acids is 1. The second-order valence-corrected chi connectivity index (χ2v) is 5.12. The summed E-state index contributed by atoms with van der Waals surface area (Å²) in [5.74, 6) is 0.423. The van der Waals surface area contributed by atoms with Crippen LogP contribution in [0, 0.1) is 5.92 Å². The van der Waals surface area contributed by atoms with Crippen LogP contribution in [0.2, 0.25) is 0 Å². The first kappa shape index (κ1) is 11.9. The molecule has 1 aliphatic carbocycles. The Hall–Kier alpha value is -0.610. The molecule has 2 fully saturated rings. The van der Waals surface area contributed by atoms with E-state index in [4.69, 9.17) is 5.73 Å². The Morgan fingerprint density at radius 1 is 1.38 bits per heavy atom. The Kier molecular flexibility index (Phi) is 3.50. The lowest BCUT2D eigenvalue weighted by Gasteiger charge is -2.38. The zero-order valence-electron chi connectivity index (χ0n) is 10.4. The molecule has 3 unspecified atom stereocenters. The van der Waals surface area contributed by atoms with E-state index in [1.54, 1.807) is 0 Å². The van der Waals surface area contributed by atoms with Crippen LogP contribution < -0.4 is 5.73 Å². The minimum absolute atomic E-state index is 0.134. The van der Waals surface area contributed by atoms with E-state index in [-0.39, 0.29) is 17.9 Å². The summed E-state index contributed by atoms with van der Waals surface area (Å²) < 4.78 is 0. The van der Waals surface area contributed by atoms with E-state index >= 15 is 0 Å². The molecule has 16 heavy (non-hydrogen) atoms. The molecule has 1 amide bonds. The molecule has 0 spiro atoms. The maximum absolute atomic E-state index is 11.9. The maximum Gasteiger partial charge on any atom is 0.227 e. The van der Waals surface area contributed by atoms with Gasteiger partial charge in [0.25, 0.3) is 0 Å². The second-order valence-electron chi connectivity index (χ2n) is 5.12. The smallest absolute Gasteiger partial charge is 0.227 e. The first-order valence-corrected chi connectivity index (χ1v) is 6.42. The third kappa shape index (κ3) is 2.38. The summed E-state index contributed by atoms with van der Waals surface area (Å²) in [6, 6.07) is 0.778. The molecule has 1 aliphatic heterocycles. The highest BCUT2D eigenvalue weighted by Gasteiger charge is 2.42. The van der Waals surface area contributed by atoms with Crippen LogP contribution in [-0.4, -0.2) is 54.0 Å². The SMILES string of the molecule is CCC(C)N1CCN(C(=O)C2CC2N)CC1. The zero-order chi connectivity index (χ0) is 11.7. The Morgan fingerprint density at radius 3 is 2.38 bits per heavy atom. The molecule has 2 rings (SSSR count). The van der Waals surface area contributed by atoms with Crippen molar-refractivity contribution in [2.75, 3.05) is 26.2 Å². The highest BCUT2D eigenvalue weighted by Crippen LogP contribution is 2.30. The molecule has 0 aromatic rings. The third-order valence-corrected chi connectivity index (χ3v) is 4.00. The lowest BCUT2D eigenvalue weighted by Crippen LogP contribution is -2.51. The molecule has 4 nitrogen and oxygen atoms in total. The molecule has 0 aromatic heterocycles. The van der Waals surface area contributed by atoms with Crippen LogP contribution in [0.15, 0.2) is 0 Å². The largest absolute Gasteiger partial charge is 0.340 e. The predicted molar refractivity (Wildman–Crippen MR) is 64.0 cm³/mol. The quantitative estimate of drug-likeness (QED) is 0.750. The topological polar surface area (TPSA) is 49.6 Å². The summed E-state index contributed by atoms with van der Waals surface area (Å²) in [6.45, 7) is 8.27. The molecule has 1 saturated heterocycles. The molecule has 0 aromatic carbocycles. The standard InChI is InChI=1S/C12H23N3O/c1-3-9(2)14-4-6-15(7-5-14)12(16)10-8-11(10)13/h9-11H,3-8,13H2,1-2H3. The van der Waals surface area contributed by atoms with E-state index in [1.807, 2.05) is 4.90 Å². The van der Waals surface area contributed by atoms with Gasteiger partial charge in [-0.15, -0.1) is 0 Å². The molecule has 1 heterocycles. The molecular weight excluding hydrogens is 202 g/mol. The van der Waals surface area contributed by atoms with Crippen molar-refractivity contribution in [3.63, 3.8) is 0 Å². The molecule has 4 heteroatoms. The Morgan fingerprint density at radius 2 is 1.94 bits per heavy atom. The summed E-state index contributed by atoms with van der Waals surface area (Å²) in [5.41, 5.74) is 5.71. The van der Waals surface area contributed by atoms with Gasteiger partial charge in [0.05, 0.1) is 5.92 Å². The van der Waals surface area contributed by atoms with E-state index in [9.17, 15) is 4.79 Å². The molecule has 0 radical (unpaired) electrons. The van der Waals surface area contributed by atoms with E-state index in [0.717, 1.165) is 32.6 Å². The second kappa shape index (κ2) is 4.72. The van der Waals surface area contributed by atoms with Crippen molar-refractivity contribution >= 4 is 5.91 Å². The van der Waals surface area contributed by atoms with Gasteiger partial charge in [0.15, 0.2) is 0 Å². The number of hydrogen-bond donors (Lipinski definition) is 1. The summed E-state index contributed by atoms with van der Waals surface area (Å²) in [5, 5.41) is 0. The molecule has 2 aliphatic rings. The van der Waals surface area contributed by atoms with E-state index in [0.29, 0.717) is 6.04 Å². The fourth-order valence-electron chi connectivity index (χ4n) is 2.37. The van der Waals surface area contributed by atoms with Gasteiger partial charge in [0.2, 0.25) is 5.91 Å². The average Bonchev–Trinajstić information content (AvgIpc) is 3.04. The van der Waals surface area contributed by atoms with Crippen LogP contribution in [0.1, 0.15) is 26.7 Å². The van der Waals surface area contributed by atoms with Gasteiger partial charge in [-0.1, -0.05) is 6.92 Å². The van der Waals surface area contributed by atoms with Crippen molar-refractivity contribution in [1.82, 2.24) is 9.80 Å². The van der Waals surface area contributed by atoms with Gasteiger partial charge in [-0.3, -0.25) is 9.69 Å². The fraction of sp³-hybridized carbons (Fsp3) is 0.917. The molecule has 1 saturated carbocycles. The number of piperazine rings is 1. The van der Waals surface area contributed by atoms with Crippen molar-refractivity contribution in [3.05, 3.63) is 0 Å². The van der Waals surface area contributed by atoms with Gasteiger partial charge in [0.1, 0.15) is 0 Å². The zero-order valence-corrected chi connectivity index (χ0v) is 10.4. The number of hydrogen-bond acceptors (Lipinski definition) is 3. The molecule has 0 bridgehead atoms. The van der Waals surface area contributed by atoms with Crippen molar-refractivity contribution < 1.29 is 4.79 Å². The highest BCUT2D eigenvalue weighted by atomic mass is 16.2. The van der Waals surface area contributed by atoms with Gasteiger partial charge >= 0.3 is 0 Å². The minimum Gasteiger partial charge on any atom is -0.340 e. The first-order valence-electron chi connectivity index (χ1n) is 6.42. The van der Waals surface area contributed by atoms with Crippen LogP contribution in [0.4, 0.5) is 0 Å². The fourth-order valence-corrected chi connectivity index (χ4v) is 2.37. The number of amides is 1. The maximum atomic E-state index is 11.9. The summed E-state index contributed by atoms with van der Waals surface area (Å²) in [4.78, 5) is 16.4. The molecular formula is C12H23N3O. The Balaban J connectivity index is 1.79. The van der Waals surface area contributed by atoms with Crippen molar-refractivity contribution in [2.45, 2.75) is 38.8 Å². The van der Waals surface area contributed by atoms with Gasteiger partial charge in [-0.25, -0.2) is 0 Å². The lowest BCUT2D eigenvalue weighted by atomic mass is 10.2. The lowest BCUT2D eigenvalue weighted by molar-refractivity contribution is -0.134. The Bertz CT molecular complexity index is 261. The summed E-state index contributed by atoms with van der Waals surface area (Å²) in [7, 11) is 0. The van der Waals surface area contributed by atoms with Crippen molar-refractivity contribution in [2.24, 2.45) is 11.7 Å². The van der Waals surface area contributed by atoms with Crippen LogP contribution in [0.5, 0.6) is 0 Å². The van der Waals surface area contributed by atoms with Gasteiger partial charge in [0, 0.05) is 38.3 Å².